The molecule has 8 heteroatoms. The lowest BCUT2D eigenvalue weighted by atomic mass is 10.3. The zero-order valence-electron chi connectivity index (χ0n) is 17.1. The summed E-state index contributed by atoms with van der Waals surface area (Å²) in [6, 6.07) is 31.8. The highest BCUT2D eigenvalue weighted by Gasteiger charge is 2.45. The second-order valence-corrected chi connectivity index (χ2v) is 10.8. The quantitative estimate of drug-likeness (QED) is 0.334. The summed E-state index contributed by atoms with van der Waals surface area (Å²) in [5, 5.41) is 3.88. The first-order valence-electron chi connectivity index (χ1n) is 9.59. The molecule has 0 bridgehead atoms. The molecular weight excluding hydrogens is 439 g/mol. The van der Waals surface area contributed by atoms with E-state index in [0.29, 0.717) is 13.0 Å². The standard InChI is InChI=1S/C23H24O2P.ClHO4/c1-2-25-23(24)18-19-26(20-12-6-3-7-13-20,21-14-8-4-9-15-21)22-16-10-5-11-17-22;2-1(3,4)5/h3-17H,2,18-19H2,1H3;(H,2,3,4,5)/q+1;/p-1. The Balaban J connectivity index is 0.000000614. The lowest BCUT2D eigenvalue weighted by Crippen LogP contribution is -2.68. The number of rotatable bonds is 7. The predicted molar refractivity (Wildman–Crippen MR) is 111 cm³/mol. The fourth-order valence-electron chi connectivity index (χ4n) is 3.37. The van der Waals surface area contributed by atoms with Crippen molar-refractivity contribution in [3.8, 4) is 0 Å². The molecule has 0 saturated carbocycles. The normalized spacial score (nSPS) is 11.3. The van der Waals surface area contributed by atoms with Gasteiger partial charge in [-0.2, -0.15) is 0 Å². The van der Waals surface area contributed by atoms with Crippen molar-refractivity contribution >= 4 is 29.1 Å². The molecule has 164 valence electrons. The number of hydrogen-bond donors (Lipinski definition) is 0. The van der Waals surface area contributed by atoms with Gasteiger partial charge in [0.15, 0.2) is 0 Å². The molecule has 0 aliphatic rings. The molecule has 0 fully saturated rings. The van der Waals surface area contributed by atoms with E-state index in [0.717, 1.165) is 6.16 Å². The van der Waals surface area contributed by atoms with Crippen molar-refractivity contribution in [1.82, 2.24) is 0 Å². The van der Waals surface area contributed by atoms with Crippen molar-refractivity contribution in [1.29, 1.82) is 0 Å². The van der Waals surface area contributed by atoms with Gasteiger partial charge < -0.3 is 4.74 Å². The maximum absolute atomic E-state index is 12.2. The van der Waals surface area contributed by atoms with Crippen LogP contribution in [0.3, 0.4) is 0 Å². The molecule has 0 aliphatic heterocycles. The number of hydrogen-bond acceptors (Lipinski definition) is 6. The van der Waals surface area contributed by atoms with Crippen LogP contribution in [-0.2, 0) is 9.53 Å². The van der Waals surface area contributed by atoms with E-state index in [1.54, 1.807) is 0 Å². The van der Waals surface area contributed by atoms with Crippen LogP contribution in [0.1, 0.15) is 13.3 Å². The average Bonchev–Trinajstić information content (AvgIpc) is 2.76. The predicted octanol–water partition coefficient (Wildman–Crippen LogP) is -0.822. The van der Waals surface area contributed by atoms with Crippen LogP contribution in [0.2, 0.25) is 0 Å². The Morgan fingerprint density at radius 1 is 0.742 bits per heavy atom. The van der Waals surface area contributed by atoms with Crippen molar-refractivity contribution < 1.29 is 38.4 Å². The van der Waals surface area contributed by atoms with E-state index in [4.69, 9.17) is 23.4 Å². The zero-order chi connectivity index (χ0) is 22.7. The Hall–Kier alpha value is -2.31. The zero-order valence-corrected chi connectivity index (χ0v) is 18.7. The Labute approximate surface area is 184 Å². The van der Waals surface area contributed by atoms with Crippen molar-refractivity contribution in [2.75, 3.05) is 12.8 Å². The summed E-state index contributed by atoms with van der Waals surface area (Å²) in [5.41, 5.74) is 0. The molecule has 0 N–H and O–H groups in total. The van der Waals surface area contributed by atoms with Gasteiger partial charge >= 0.3 is 5.97 Å². The summed E-state index contributed by atoms with van der Waals surface area (Å²) >= 11 is 0. The smallest absolute Gasteiger partial charge is 0.309 e. The fraction of sp³-hybridized carbons (Fsp3) is 0.174. The molecular formula is C23H24ClO6P. The van der Waals surface area contributed by atoms with Gasteiger partial charge in [-0.15, -0.1) is 10.2 Å². The van der Waals surface area contributed by atoms with Gasteiger partial charge in [-0.1, -0.05) is 54.6 Å². The number of esters is 1. The summed E-state index contributed by atoms with van der Waals surface area (Å²) in [6.45, 7) is 2.28. The van der Waals surface area contributed by atoms with Gasteiger partial charge in [0.25, 0.3) is 0 Å². The van der Waals surface area contributed by atoms with Crippen LogP contribution in [0.25, 0.3) is 0 Å². The number of halogens is 1. The first-order chi connectivity index (χ1) is 14.8. The van der Waals surface area contributed by atoms with Crippen LogP contribution in [0.4, 0.5) is 0 Å². The highest BCUT2D eigenvalue weighted by Crippen LogP contribution is 2.55. The molecule has 0 aliphatic carbocycles. The number of ether oxygens (including phenoxy) is 1. The molecule has 6 nitrogen and oxygen atoms in total. The average molecular weight is 463 g/mol. The highest BCUT2D eigenvalue weighted by atomic mass is 35.7. The number of benzene rings is 3. The summed E-state index contributed by atoms with van der Waals surface area (Å²) in [5.74, 6) is -0.125. The molecule has 0 heterocycles. The van der Waals surface area contributed by atoms with Crippen LogP contribution in [-0.4, -0.2) is 18.7 Å². The summed E-state index contributed by atoms with van der Waals surface area (Å²) in [4.78, 5) is 12.2. The Morgan fingerprint density at radius 3 is 1.35 bits per heavy atom. The van der Waals surface area contributed by atoms with E-state index >= 15 is 0 Å². The van der Waals surface area contributed by atoms with Crippen LogP contribution < -0.4 is 34.5 Å². The van der Waals surface area contributed by atoms with Gasteiger partial charge in [-0.25, -0.2) is 18.6 Å². The molecule has 0 atom stereocenters. The van der Waals surface area contributed by atoms with Crippen molar-refractivity contribution in [3.63, 3.8) is 0 Å². The second-order valence-electron chi connectivity index (χ2n) is 6.47. The molecule has 0 unspecified atom stereocenters. The molecule has 3 aromatic carbocycles. The molecule has 0 saturated heterocycles. The Morgan fingerprint density at radius 2 is 1.06 bits per heavy atom. The van der Waals surface area contributed by atoms with E-state index < -0.39 is 17.5 Å². The lowest BCUT2D eigenvalue weighted by molar-refractivity contribution is -2.00. The maximum atomic E-state index is 12.2. The minimum absolute atomic E-state index is 0.125. The van der Waals surface area contributed by atoms with E-state index in [9.17, 15) is 4.79 Å². The molecule has 0 spiro atoms. The van der Waals surface area contributed by atoms with Crippen LogP contribution in [0, 0.1) is 10.2 Å². The molecule has 3 rings (SSSR count). The number of carbonyl (C=O) groups excluding carboxylic acids is 1. The van der Waals surface area contributed by atoms with Crippen molar-refractivity contribution in [3.05, 3.63) is 91.0 Å². The van der Waals surface area contributed by atoms with E-state index in [2.05, 4.69) is 72.8 Å². The van der Waals surface area contributed by atoms with E-state index in [1.165, 1.54) is 15.9 Å². The van der Waals surface area contributed by atoms with Crippen molar-refractivity contribution in [2.45, 2.75) is 13.3 Å². The van der Waals surface area contributed by atoms with Gasteiger partial charge in [0.2, 0.25) is 0 Å². The van der Waals surface area contributed by atoms with Crippen molar-refractivity contribution in [2.24, 2.45) is 0 Å². The topological polar surface area (TPSA) is 119 Å². The van der Waals surface area contributed by atoms with Crippen LogP contribution in [0.15, 0.2) is 91.0 Å². The van der Waals surface area contributed by atoms with Crippen LogP contribution in [0.5, 0.6) is 0 Å². The van der Waals surface area contributed by atoms with Gasteiger partial charge in [0.1, 0.15) is 23.2 Å². The Bertz CT molecular complexity index is 814. The van der Waals surface area contributed by atoms with Gasteiger partial charge in [-0.3, -0.25) is 4.79 Å². The SMILES string of the molecule is CCOC(=O)CC[P+](c1ccccc1)(c1ccccc1)c1ccccc1.[O-][Cl+3]([O-])([O-])[O-]. The highest BCUT2D eigenvalue weighted by molar-refractivity contribution is 7.95. The van der Waals surface area contributed by atoms with Gasteiger partial charge in [-0.05, 0) is 43.3 Å². The monoisotopic (exact) mass is 462 g/mol. The minimum atomic E-state index is -4.94. The third-order valence-corrected chi connectivity index (χ3v) is 8.98. The first-order valence-corrected chi connectivity index (χ1v) is 12.8. The van der Waals surface area contributed by atoms with E-state index in [-0.39, 0.29) is 5.97 Å². The molecule has 0 amide bonds. The minimum Gasteiger partial charge on any atom is -0.466 e. The Kier molecular flexibility index (Phi) is 9.59. The maximum Gasteiger partial charge on any atom is 0.309 e. The van der Waals surface area contributed by atoms with Gasteiger partial charge in [0.05, 0.1) is 19.2 Å². The second kappa shape index (κ2) is 11.9. The van der Waals surface area contributed by atoms with Gasteiger partial charge in [0, 0.05) is 0 Å². The largest absolute Gasteiger partial charge is 0.466 e. The summed E-state index contributed by atoms with van der Waals surface area (Å²) in [7, 11) is -6.88. The number of carbonyl (C=O) groups is 1. The van der Waals surface area contributed by atoms with Crippen LogP contribution >= 0.6 is 7.26 Å². The molecule has 31 heavy (non-hydrogen) atoms. The molecule has 0 radical (unpaired) electrons. The summed E-state index contributed by atoms with van der Waals surface area (Å²) < 4.78 is 39.2. The molecule has 3 aromatic rings. The first kappa shape index (κ1) is 25.0. The summed E-state index contributed by atoms with van der Waals surface area (Å²) in [6.07, 6.45) is 1.18. The third-order valence-electron chi connectivity index (χ3n) is 4.55. The van der Waals surface area contributed by atoms with E-state index in [1.807, 2.05) is 25.1 Å². The third kappa shape index (κ3) is 7.71. The fourth-order valence-corrected chi connectivity index (χ4v) is 7.60. The molecule has 0 aromatic heterocycles. The lowest BCUT2D eigenvalue weighted by Gasteiger charge is -2.27.